The minimum atomic E-state index is 0.520. The van der Waals surface area contributed by atoms with Crippen LogP contribution in [-0.2, 0) is 20.0 Å². The Labute approximate surface area is 122 Å². The van der Waals surface area contributed by atoms with Gasteiger partial charge in [-0.05, 0) is 18.6 Å². The predicted molar refractivity (Wildman–Crippen MR) is 80.8 cm³/mol. The van der Waals surface area contributed by atoms with Crippen molar-refractivity contribution in [1.82, 2.24) is 9.78 Å². The molecule has 0 bridgehead atoms. The summed E-state index contributed by atoms with van der Waals surface area (Å²) in [6.45, 7) is 2.70. The Morgan fingerprint density at radius 3 is 2.53 bits per heavy atom. The molecule has 0 amide bonds. The SMILES string of the molecule is CCc1nn(C)cc1CNc1c(Cl)cc(N)cc1Cl. The zero-order chi connectivity index (χ0) is 14.0. The minimum absolute atomic E-state index is 0.520. The number of hydrogen-bond donors (Lipinski definition) is 2. The molecule has 6 heteroatoms. The van der Waals surface area contributed by atoms with E-state index in [1.807, 2.05) is 17.9 Å². The van der Waals surface area contributed by atoms with E-state index in [-0.39, 0.29) is 0 Å². The van der Waals surface area contributed by atoms with E-state index in [1.165, 1.54) is 0 Å². The lowest BCUT2D eigenvalue weighted by molar-refractivity contribution is 0.746. The summed E-state index contributed by atoms with van der Waals surface area (Å²) in [5, 5.41) is 8.67. The Hall–Kier alpha value is -1.39. The molecule has 2 rings (SSSR count). The van der Waals surface area contributed by atoms with Gasteiger partial charge >= 0.3 is 0 Å². The van der Waals surface area contributed by atoms with Crippen LogP contribution in [0.5, 0.6) is 0 Å². The Bertz CT molecular complexity index is 569. The second-order valence-electron chi connectivity index (χ2n) is 4.34. The number of benzene rings is 1. The van der Waals surface area contributed by atoms with E-state index in [1.54, 1.807) is 12.1 Å². The summed E-state index contributed by atoms with van der Waals surface area (Å²) in [5.74, 6) is 0. The van der Waals surface area contributed by atoms with Crippen LogP contribution < -0.4 is 11.1 Å². The van der Waals surface area contributed by atoms with Gasteiger partial charge in [-0.25, -0.2) is 0 Å². The number of rotatable bonds is 4. The third kappa shape index (κ3) is 3.14. The number of nitrogens with one attached hydrogen (secondary N) is 1. The highest BCUT2D eigenvalue weighted by molar-refractivity contribution is 6.39. The maximum atomic E-state index is 6.13. The third-order valence-electron chi connectivity index (χ3n) is 2.85. The molecule has 0 saturated heterocycles. The van der Waals surface area contributed by atoms with Crippen molar-refractivity contribution in [2.24, 2.45) is 7.05 Å². The smallest absolute Gasteiger partial charge is 0.0723 e. The van der Waals surface area contributed by atoms with Crippen molar-refractivity contribution >= 4 is 34.6 Å². The maximum absolute atomic E-state index is 6.13. The van der Waals surface area contributed by atoms with Crippen molar-refractivity contribution in [3.8, 4) is 0 Å². The van der Waals surface area contributed by atoms with Crippen LogP contribution in [0, 0.1) is 0 Å². The van der Waals surface area contributed by atoms with Crippen LogP contribution in [0.4, 0.5) is 11.4 Å². The quantitative estimate of drug-likeness (QED) is 0.850. The molecule has 1 heterocycles. The van der Waals surface area contributed by atoms with Crippen LogP contribution in [0.3, 0.4) is 0 Å². The molecule has 0 atom stereocenters. The van der Waals surface area contributed by atoms with E-state index >= 15 is 0 Å². The van der Waals surface area contributed by atoms with Gasteiger partial charge < -0.3 is 11.1 Å². The number of nitrogens with two attached hydrogens (primary N) is 1. The topological polar surface area (TPSA) is 55.9 Å². The first kappa shape index (κ1) is 14.0. The van der Waals surface area contributed by atoms with E-state index in [0.717, 1.165) is 17.7 Å². The predicted octanol–water partition coefficient (Wildman–Crippen LogP) is 3.48. The van der Waals surface area contributed by atoms with E-state index in [4.69, 9.17) is 28.9 Å². The molecular formula is C13H16Cl2N4. The van der Waals surface area contributed by atoms with E-state index in [9.17, 15) is 0 Å². The average Bonchev–Trinajstić information content (AvgIpc) is 2.68. The van der Waals surface area contributed by atoms with Gasteiger partial charge in [-0.1, -0.05) is 30.1 Å². The monoisotopic (exact) mass is 298 g/mol. The summed E-state index contributed by atoms with van der Waals surface area (Å²) in [5.41, 5.74) is 9.12. The van der Waals surface area contributed by atoms with Gasteiger partial charge in [0.2, 0.25) is 0 Å². The number of nitrogens with zero attached hydrogens (tertiary/aromatic N) is 2. The lowest BCUT2D eigenvalue weighted by atomic mass is 10.2. The fourth-order valence-corrected chi connectivity index (χ4v) is 2.61. The molecule has 19 heavy (non-hydrogen) atoms. The first-order chi connectivity index (χ1) is 9.01. The van der Waals surface area contributed by atoms with Crippen LogP contribution >= 0.6 is 23.2 Å². The number of hydrogen-bond acceptors (Lipinski definition) is 3. The van der Waals surface area contributed by atoms with Gasteiger partial charge in [-0.3, -0.25) is 4.68 Å². The molecule has 0 unspecified atom stereocenters. The third-order valence-corrected chi connectivity index (χ3v) is 3.44. The van der Waals surface area contributed by atoms with Crippen LogP contribution in [-0.4, -0.2) is 9.78 Å². The highest BCUT2D eigenvalue weighted by Gasteiger charge is 2.10. The van der Waals surface area contributed by atoms with Crippen molar-refractivity contribution in [2.75, 3.05) is 11.1 Å². The number of aromatic nitrogens is 2. The molecule has 0 aliphatic carbocycles. The summed E-state index contributed by atoms with van der Waals surface area (Å²) in [7, 11) is 1.91. The summed E-state index contributed by atoms with van der Waals surface area (Å²) in [4.78, 5) is 0. The Balaban J connectivity index is 2.19. The molecule has 0 spiro atoms. The van der Waals surface area contributed by atoms with E-state index in [0.29, 0.717) is 28.0 Å². The van der Waals surface area contributed by atoms with Gasteiger partial charge in [0, 0.05) is 31.0 Å². The molecule has 2 aromatic rings. The fraction of sp³-hybridized carbons (Fsp3) is 0.308. The highest BCUT2D eigenvalue weighted by atomic mass is 35.5. The Morgan fingerprint density at radius 2 is 1.95 bits per heavy atom. The lowest BCUT2D eigenvalue weighted by Gasteiger charge is -2.11. The van der Waals surface area contributed by atoms with Gasteiger partial charge in [-0.2, -0.15) is 5.10 Å². The fourth-order valence-electron chi connectivity index (χ4n) is 1.97. The first-order valence-electron chi connectivity index (χ1n) is 6.01. The van der Waals surface area contributed by atoms with Crippen LogP contribution in [0.15, 0.2) is 18.3 Å². The summed E-state index contributed by atoms with van der Waals surface area (Å²) in [6, 6.07) is 3.36. The molecule has 3 N–H and O–H groups in total. The molecule has 1 aromatic heterocycles. The van der Waals surface area contributed by atoms with Crippen LogP contribution in [0.2, 0.25) is 10.0 Å². The van der Waals surface area contributed by atoms with Gasteiger partial charge in [-0.15, -0.1) is 0 Å². The minimum Gasteiger partial charge on any atom is -0.399 e. The lowest BCUT2D eigenvalue weighted by Crippen LogP contribution is -2.02. The van der Waals surface area contributed by atoms with Crippen LogP contribution in [0.25, 0.3) is 0 Å². The average molecular weight is 299 g/mol. The largest absolute Gasteiger partial charge is 0.399 e. The van der Waals surface area contributed by atoms with E-state index < -0.39 is 0 Å². The molecule has 0 fully saturated rings. The molecule has 1 aromatic carbocycles. The van der Waals surface area contributed by atoms with E-state index in [2.05, 4.69) is 17.3 Å². The molecule has 0 aliphatic heterocycles. The number of halogens is 2. The van der Waals surface area contributed by atoms with Crippen molar-refractivity contribution in [1.29, 1.82) is 0 Å². The van der Waals surface area contributed by atoms with Crippen molar-refractivity contribution in [3.05, 3.63) is 39.6 Å². The normalized spacial score (nSPS) is 10.7. The molecule has 0 radical (unpaired) electrons. The van der Waals surface area contributed by atoms with Crippen LogP contribution in [0.1, 0.15) is 18.2 Å². The second kappa shape index (κ2) is 5.72. The van der Waals surface area contributed by atoms with Gasteiger partial charge in [0.05, 0.1) is 21.4 Å². The number of nitrogen functional groups attached to an aromatic ring is 1. The zero-order valence-corrected chi connectivity index (χ0v) is 12.4. The van der Waals surface area contributed by atoms with Crippen molar-refractivity contribution in [3.63, 3.8) is 0 Å². The number of anilines is 2. The Kier molecular flexibility index (Phi) is 4.22. The molecule has 102 valence electrons. The van der Waals surface area contributed by atoms with Crippen molar-refractivity contribution < 1.29 is 0 Å². The van der Waals surface area contributed by atoms with Crippen molar-refractivity contribution in [2.45, 2.75) is 19.9 Å². The summed E-state index contributed by atoms with van der Waals surface area (Å²) in [6.07, 6.45) is 2.88. The van der Waals surface area contributed by atoms with Gasteiger partial charge in [0.25, 0.3) is 0 Å². The highest BCUT2D eigenvalue weighted by Crippen LogP contribution is 2.33. The molecule has 0 aliphatic rings. The van der Waals surface area contributed by atoms with Gasteiger partial charge in [0.15, 0.2) is 0 Å². The maximum Gasteiger partial charge on any atom is 0.0723 e. The summed E-state index contributed by atoms with van der Waals surface area (Å²) < 4.78 is 1.81. The number of aryl methyl sites for hydroxylation is 2. The zero-order valence-electron chi connectivity index (χ0n) is 10.9. The molecule has 0 saturated carbocycles. The molecule has 4 nitrogen and oxygen atoms in total. The molecular weight excluding hydrogens is 283 g/mol. The second-order valence-corrected chi connectivity index (χ2v) is 5.16. The summed E-state index contributed by atoms with van der Waals surface area (Å²) >= 11 is 12.3. The van der Waals surface area contributed by atoms with Gasteiger partial charge in [0.1, 0.15) is 0 Å². The first-order valence-corrected chi connectivity index (χ1v) is 6.76. The standard InChI is InChI=1S/C13H16Cl2N4/c1-3-12-8(7-19(2)18-12)6-17-13-10(14)4-9(16)5-11(13)15/h4-5,7,17H,3,6,16H2,1-2H3. The Morgan fingerprint density at radius 1 is 1.32 bits per heavy atom.